The molecule has 0 aliphatic carbocycles. The molecule has 1 aliphatic heterocycles. The van der Waals surface area contributed by atoms with Crippen molar-refractivity contribution < 1.29 is 19.4 Å². The molecule has 0 spiro atoms. The van der Waals surface area contributed by atoms with Gasteiger partial charge in [-0.05, 0) is 48.2 Å². The second-order valence-corrected chi connectivity index (χ2v) is 7.53. The summed E-state index contributed by atoms with van der Waals surface area (Å²) < 4.78 is 12.4. The first kappa shape index (κ1) is 19.9. The number of benzene rings is 2. The third-order valence-corrected chi connectivity index (χ3v) is 4.95. The molecule has 1 fully saturated rings. The lowest BCUT2D eigenvalue weighted by molar-refractivity contribution is -0.120. The lowest BCUT2D eigenvalue weighted by Crippen LogP contribution is -2.29. The molecule has 3 rings (SSSR count). The van der Waals surface area contributed by atoms with Crippen molar-refractivity contribution in [1.82, 2.24) is 5.32 Å². The summed E-state index contributed by atoms with van der Waals surface area (Å²) in [6, 6.07) is 14.9. The van der Waals surface area contributed by atoms with Crippen LogP contribution in [0.15, 0.2) is 53.0 Å². The van der Waals surface area contributed by atoms with Gasteiger partial charge in [0.05, 0.1) is 19.1 Å². The van der Waals surface area contributed by atoms with E-state index in [0.717, 1.165) is 35.9 Å². The van der Waals surface area contributed by atoms with Gasteiger partial charge in [-0.2, -0.15) is 0 Å². The van der Waals surface area contributed by atoms with Crippen LogP contribution in [0, 0.1) is 0 Å². The number of aliphatic hydroxyl groups is 1. The molecule has 1 heterocycles. The third kappa shape index (κ3) is 6.34. The largest absolute Gasteiger partial charge is 0.465 e. The molecular formula is C21H24BrNO4. The van der Waals surface area contributed by atoms with Crippen LogP contribution in [0.1, 0.15) is 36.5 Å². The van der Waals surface area contributed by atoms with Crippen LogP contribution in [0.3, 0.4) is 0 Å². The maximum atomic E-state index is 12.1. The number of halogens is 1. The summed E-state index contributed by atoms with van der Waals surface area (Å²) in [7, 11) is 0. The lowest BCUT2D eigenvalue weighted by Gasteiger charge is -2.24. The first-order chi connectivity index (χ1) is 13.1. The van der Waals surface area contributed by atoms with Gasteiger partial charge in [0.25, 0.3) is 0 Å². The summed E-state index contributed by atoms with van der Waals surface area (Å²) in [5.41, 5.74) is 1.63. The van der Waals surface area contributed by atoms with Crippen LogP contribution in [-0.2, 0) is 16.0 Å². The maximum absolute atomic E-state index is 12.1. The number of ether oxygens (including phenoxy) is 2. The highest BCUT2D eigenvalue weighted by molar-refractivity contribution is 9.10. The van der Waals surface area contributed by atoms with Crippen LogP contribution in [0.5, 0.6) is 5.75 Å². The van der Waals surface area contributed by atoms with Crippen molar-refractivity contribution in [3.63, 3.8) is 0 Å². The van der Waals surface area contributed by atoms with Gasteiger partial charge in [0, 0.05) is 17.4 Å². The van der Waals surface area contributed by atoms with Crippen molar-refractivity contribution >= 4 is 21.8 Å². The summed E-state index contributed by atoms with van der Waals surface area (Å²) in [4.78, 5) is 12.1. The van der Waals surface area contributed by atoms with E-state index in [1.807, 2.05) is 42.5 Å². The summed E-state index contributed by atoms with van der Waals surface area (Å²) in [5, 5.41) is 13.2. The fourth-order valence-corrected chi connectivity index (χ4v) is 3.19. The molecule has 1 saturated heterocycles. The minimum atomic E-state index is -0.797. The molecule has 2 unspecified atom stereocenters. The van der Waals surface area contributed by atoms with E-state index in [4.69, 9.17) is 9.47 Å². The molecule has 1 amide bonds. The molecule has 2 aromatic carbocycles. The van der Waals surface area contributed by atoms with Crippen LogP contribution in [0.25, 0.3) is 0 Å². The van der Waals surface area contributed by atoms with E-state index in [2.05, 4.69) is 21.2 Å². The van der Waals surface area contributed by atoms with Crippen molar-refractivity contribution in [3.05, 3.63) is 64.1 Å². The molecule has 0 bridgehead atoms. The normalized spacial score (nSPS) is 17.9. The van der Waals surface area contributed by atoms with Gasteiger partial charge in [-0.3, -0.25) is 4.79 Å². The highest BCUT2D eigenvalue weighted by atomic mass is 79.9. The number of aliphatic hydroxyl groups excluding tert-OH is 1. The Hall–Kier alpha value is -1.89. The molecule has 0 saturated carbocycles. The van der Waals surface area contributed by atoms with E-state index in [9.17, 15) is 9.90 Å². The summed E-state index contributed by atoms with van der Waals surface area (Å²) in [6.45, 7) is 0.871. The van der Waals surface area contributed by atoms with Crippen molar-refractivity contribution in [3.8, 4) is 5.75 Å². The molecule has 2 N–H and O–H groups in total. The summed E-state index contributed by atoms with van der Waals surface area (Å²) >= 11 is 3.37. The highest BCUT2D eigenvalue weighted by Gasteiger charge is 2.16. The molecule has 5 nitrogen and oxygen atoms in total. The van der Waals surface area contributed by atoms with Gasteiger partial charge in [-0.25, -0.2) is 0 Å². The fraction of sp³-hybridized carbons (Fsp3) is 0.381. The molecule has 2 atom stereocenters. The zero-order valence-electron chi connectivity index (χ0n) is 15.1. The van der Waals surface area contributed by atoms with Crippen molar-refractivity contribution in [2.24, 2.45) is 0 Å². The van der Waals surface area contributed by atoms with Gasteiger partial charge < -0.3 is 19.9 Å². The van der Waals surface area contributed by atoms with Crippen molar-refractivity contribution in [2.75, 3.05) is 13.2 Å². The number of rotatable bonds is 7. The lowest BCUT2D eigenvalue weighted by atomic mass is 10.1. The van der Waals surface area contributed by atoms with Crippen LogP contribution < -0.4 is 10.1 Å². The Morgan fingerprint density at radius 2 is 2.07 bits per heavy atom. The Balaban J connectivity index is 1.49. The molecule has 0 aromatic heterocycles. The average Bonchev–Trinajstić information content (AvgIpc) is 2.69. The zero-order valence-corrected chi connectivity index (χ0v) is 16.7. The molecule has 6 heteroatoms. The Labute approximate surface area is 167 Å². The van der Waals surface area contributed by atoms with E-state index in [0.29, 0.717) is 11.3 Å². The van der Waals surface area contributed by atoms with Crippen LogP contribution >= 0.6 is 15.9 Å². The van der Waals surface area contributed by atoms with Gasteiger partial charge >= 0.3 is 0 Å². The van der Waals surface area contributed by atoms with Gasteiger partial charge in [0.2, 0.25) is 5.91 Å². The SMILES string of the molecule is O=C(Cc1ccc(Br)cc1)NCC(O)c1cccc(OC2CCCCO2)c1. The zero-order chi connectivity index (χ0) is 19.1. The first-order valence-corrected chi connectivity index (χ1v) is 9.97. The van der Waals surface area contributed by atoms with E-state index >= 15 is 0 Å². The standard InChI is InChI=1S/C21H24BrNO4/c22-17-9-7-15(8-10-17)12-20(25)23-14-19(24)16-4-3-5-18(13-16)27-21-6-1-2-11-26-21/h3-5,7-10,13,19,21,24H,1-2,6,11-12,14H2,(H,23,25). The Bertz CT molecular complexity index is 744. The van der Waals surface area contributed by atoms with Gasteiger partial charge in [-0.1, -0.05) is 40.2 Å². The smallest absolute Gasteiger partial charge is 0.224 e. The van der Waals surface area contributed by atoms with Gasteiger partial charge in [-0.15, -0.1) is 0 Å². The molecule has 144 valence electrons. The summed E-state index contributed by atoms with van der Waals surface area (Å²) in [5.74, 6) is 0.541. The Kier molecular flexibility index (Phi) is 7.26. The second kappa shape index (κ2) is 9.88. The average molecular weight is 434 g/mol. The Morgan fingerprint density at radius 1 is 1.26 bits per heavy atom. The quantitative estimate of drug-likeness (QED) is 0.697. The summed E-state index contributed by atoms with van der Waals surface area (Å²) in [6.07, 6.45) is 2.29. The van der Waals surface area contributed by atoms with E-state index in [-0.39, 0.29) is 25.2 Å². The topological polar surface area (TPSA) is 67.8 Å². The fourth-order valence-electron chi connectivity index (χ4n) is 2.93. The van der Waals surface area contributed by atoms with Crippen LogP contribution in [0.4, 0.5) is 0 Å². The maximum Gasteiger partial charge on any atom is 0.224 e. The molecule has 1 aliphatic rings. The minimum absolute atomic E-state index is 0.126. The minimum Gasteiger partial charge on any atom is -0.465 e. The van der Waals surface area contributed by atoms with Crippen molar-refractivity contribution in [2.45, 2.75) is 38.1 Å². The van der Waals surface area contributed by atoms with E-state index in [1.165, 1.54) is 0 Å². The molecule has 27 heavy (non-hydrogen) atoms. The van der Waals surface area contributed by atoms with Crippen molar-refractivity contribution in [1.29, 1.82) is 0 Å². The number of hydrogen-bond donors (Lipinski definition) is 2. The number of nitrogens with one attached hydrogen (secondary N) is 1. The van der Waals surface area contributed by atoms with Crippen LogP contribution in [-0.4, -0.2) is 30.5 Å². The molecular weight excluding hydrogens is 410 g/mol. The van der Waals surface area contributed by atoms with Crippen LogP contribution in [0.2, 0.25) is 0 Å². The third-order valence-electron chi connectivity index (χ3n) is 4.42. The van der Waals surface area contributed by atoms with E-state index in [1.54, 1.807) is 6.07 Å². The molecule has 0 radical (unpaired) electrons. The van der Waals surface area contributed by atoms with Gasteiger partial charge in [0.1, 0.15) is 5.75 Å². The first-order valence-electron chi connectivity index (χ1n) is 9.17. The number of amides is 1. The number of hydrogen-bond acceptors (Lipinski definition) is 4. The molecule has 2 aromatic rings. The highest BCUT2D eigenvalue weighted by Crippen LogP contribution is 2.23. The van der Waals surface area contributed by atoms with Gasteiger partial charge in [0.15, 0.2) is 6.29 Å². The number of carbonyl (C=O) groups is 1. The van der Waals surface area contributed by atoms with E-state index < -0.39 is 6.10 Å². The second-order valence-electron chi connectivity index (χ2n) is 6.61. The predicted octanol–water partition coefficient (Wildman–Crippen LogP) is 3.75. The monoisotopic (exact) mass is 433 g/mol. The Morgan fingerprint density at radius 3 is 2.81 bits per heavy atom. The predicted molar refractivity (Wildman–Crippen MR) is 106 cm³/mol. The number of carbonyl (C=O) groups excluding carboxylic acids is 1.